The fourth-order valence-electron chi connectivity index (χ4n) is 3.07. The Morgan fingerprint density at radius 2 is 1.88 bits per heavy atom. The molecule has 0 aliphatic carbocycles. The van der Waals surface area contributed by atoms with Crippen LogP contribution in [0, 0.1) is 0 Å². The molecule has 0 saturated heterocycles. The molecule has 1 aromatic heterocycles. The van der Waals surface area contributed by atoms with Gasteiger partial charge in [-0.1, -0.05) is 48.2 Å². The van der Waals surface area contributed by atoms with Crippen molar-refractivity contribution in [2.75, 3.05) is 11.4 Å². The highest BCUT2D eigenvalue weighted by Crippen LogP contribution is 2.31. The fraction of sp³-hybridized carbons (Fsp3) is 0.211. The highest BCUT2D eigenvalue weighted by atomic mass is 32.2. The van der Waals surface area contributed by atoms with Gasteiger partial charge >= 0.3 is 0 Å². The summed E-state index contributed by atoms with van der Waals surface area (Å²) in [6.07, 6.45) is 2.60. The maximum atomic E-state index is 12.9. The van der Waals surface area contributed by atoms with E-state index < -0.39 is 0 Å². The Hall–Kier alpha value is -2.60. The number of para-hydroxylation sites is 2. The van der Waals surface area contributed by atoms with Crippen LogP contribution in [0.1, 0.15) is 12.5 Å². The van der Waals surface area contributed by atoms with Crippen LogP contribution in [0.25, 0.3) is 5.69 Å². The molecule has 0 spiro atoms. The van der Waals surface area contributed by atoms with Crippen molar-refractivity contribution in [1.82, 2.24) is 14.8 Å². The number of hydrogen-bond donors (Lipinski definition) is 0. The number of benzene rings is 2. The fourth-order valence-corrected chi connectivity index (χ4v) is 3.97. The summed E-state index contributed by atoms with van der Waals surface area (Å²) < 4.78 is 1.91. The molecule has 1 amide bonds. The molecular weight excluding hydrogens is 332 g/mol. The van der Waals surface area contributed by atoms with E-state index in [4.69, 9.17) is 0 Å². The maximum Gasteiger partial charge on any atom is 0.240 e. The third-order valence-electron chi connectivity index (χ3n) is 4.33. The lowest BCUT2D eigenvalue weighted by Crippen LogP contribution is -2.35. The molecule has 2 aromatic carbocycles. The van der Waals surface area contributed by atoms with Gasteiger partial charge in [0.15, 0.2) is 5.16 Å². The van der Waals surface area contributed by atoms with Crippen LogP contribution < -0.4 is 4.90 Å². The van der Waals surface area contributed by atoms with Crippen molar-refractivity contribution >= 4 is 23.4 Å². The molecule has 1 atom stereocenters. The molecule has 3 aromatic rings. The van der Waals surface area contributed by atoms with Crippen molar-refractivity contribution in [2.24, 2.45) is 0 Å². The maximum absolute atomic E-state index is 12.9. The van der Waals surface area contributed by atoms with Crippen LogP contribution in [0.5, 0.6) is 0 Å². The van der Waals surface area contributed by atoms with E-state index >= 15 is 0 Å². The van der Waals surface area contributed by atoms with E-state index in [1.807, 2.05) is 64.9 Å². The Morgan fingerprint density at radius 3 is 2.72 bits per heavy atom. The zero-order valence-corrected chi connectivity index (χ0v) is 14.7. The Labute approximate surface area is 150 Å². The lowest BCUT2D eigenvalue weighted by molar-refractivity contribution is -0.117. The molecule has 4 rings (SSSR count). The second-order valence-corrected chi connectivity index (χ2v) is 7.26. The molecule has 6 heteroatoms. The van der Waals surface area contributed by atoms with Crippen LogP contribution in [0.4, 0.5) is 5.69 Å². The van der Waals surface area contributed by atoms with E-state index in [9.17, 15) is 4.79 Å². The summed E-state index contributed by atoms with van der Waals surface area (Å²) in [5.41, 5.74) is 3.26. The van der Waals surface area contributed by atoms with E-state index in [1.54, 1.807) is 6.33 Å². The Bertz CT molecular complexity index is 893. The summed E-state index contributed by atoms with van der Waals surface area (Å²) in [4.78, 5) is 14.8. The zero-order valence-electron chi connectivity index (χ0n) is 13.9. The molecule has 1 aliphatic rings. The molecule has 5 nitrogen and oxygen atoms in total. The van der Waals surface area contributed by atoms with Crippen LogP contribution in [0.15, 0.2) is 66.1 Å². The minimum Gasteiger partial charge on any atom is -0.311 e. The van der Waals surface area contributed by atoms with Crippen LogP contribution >= 0.6 is 11.8 Å². The van der Waals surface area contributed by atoms with Crippen molar-refractivity contribution in [3.63, 3.8) is 0 Å². The first-order valence-corrected chi connectivity index (χ1v) is 9.13. The highest BCUT2D eigenvalue weighted by Gasteiger charge is 2.29. The largest absolute Gasteiger partial charge is 0.311 e. The molecule has 1 aliphatic heterocycles. The number of thioether (sulfide) groups is 1. The average Bonchev–Trinajstić information content (AvgIpc) is 3.28. The first kappa shape index (κ1) is 15.9. The molecule has 0 saturated carbocycles. The van der Waals surface area contributed by atoms with Gasteiger partial charge in [0, 0.05) is 17.9 Å². The number of rotatable bonds is 4. The average molecular weight is 350 g/mol. The van der Waals surface area contributed by atoms with Crippen molar-refractivity contribution < 1.29 is 4.79 Å². The molecule has 25 heavy (non-hydrogen) atoms. The zero-order chi connectivity index (χ0) is 17.2. The number of nitrogens with zero attached hydrogens (tertiary/aromatic N) is 4. The molecule has 126 valence electrons. The molecule has 0 unspecified atom stereocenters. The molecule has 0 N–H and O–H groups in total. The van der Waals surface area contributed by atoms with Crippen molar-refractivity contribution in [3.05, 3.63) is 66.5 Å². The Balaban J connectivity index is 1.53. The number of carbonyl (C=O) groups is 1. The van der Waals surface area contributed by atoms with Crippen molar-refractivity contribution in [2.45, 2.75) is 23.8 Å². The summed E-state index contributed by atoms with van der Waals surface area (Å²) in [7, 11) is 0. The minimum atomic E-state index is -0.238. The number of amides is 1. The number of fused-ring (bicyclic) bond motifs is 1. The number of aromatic nitrogens is 3. The second kappa shape index (κ2) is 6.72. The normalized spacial score (nSPS) is 14.4. The number of anilines is 1. The second-order valence-electron chi connectivity index (χ2n) is 5.95. The van der Waals surface area contributed by atoms with Gasteiger partial charge in [0.05, 0.1) is 5.25 Å². The molecule has 0 bridgehead atoms. The van der Waals surface area contributed by atoms with Gasteiger partial charge in [-0.25, -0.2) is 0 Å². The summed E-state index contributed by atoms with van der Waals surface area (Å²) in [6, 6.07) is 18.0. The van der Waals surface area contributed by atoms with Gasteiger partial charge in [0.1, 0.15) is 6.33 Å². The van der Waals surface area contributed by atoms with Crippen LogP contribution in [0.2, 0.25) is 0 Å². The third-order valence-corrected chi connectivity index (χ3v) is 5.38. The summed E-state index contributed by atoms with van der Waals surface area (Å²) >= 11 is 1.44. The minimum absolute atomic E-state index is 0.109. The van der Waals surface area contributed by atoms with E-state index in [0.29, 0.717) is 0 Å². The van der Waals surface area contributed by atoms with E-state index in [0.717, 1.165) is 29.5 Å². The first-order valence-electron chi connectivity index (χ1n) is 8.25. The van der Waals surface area contributed by atoms with E-state index in [-0.39, 0.29) is 11.2 Å². The first-order chi connectivity index (χ1) is 12.2. The van der Waals surface area contributed by atoms with Gasteiger partial charge in [-0.05, 0) is 37.1 Å². The summed E-state index contributed by atoms with van der Waals surface area (Å²) in [5, 5.41) is 8.69. The highest BCUT2D eigenvalue weighted by molar-refractivity contribution is 8.00. The SMILES string of the molecule is C[C@H](Sc1nncn1-c1ccccc1)C(=O)N1CCc2ccccc21. The Morgan fingerprint density at radius 1 is 1.12 bits per heavy atom. The monoisotopic (exact) mass is 350 g/mol. The van der Waals surface area contributed by atoms with Gasteiger partial charge in [-0.3, -0.25) is 9.36 Å². The van der Waals surface area contributed by atoms with Crippen LogP contribution in [-0.4, -0.2) is 32.5 Å². The smallest absolute Gasteiger partial charge is 0.240 e. The lowest BCUT2D eigenvalue weighted by atomic mass is 10.2. The van der Waals surface area contributed by atoms with Gasteiger partial charge in [0.2, 0.25) is 5.91 Å². The van der Waals surface area contributed by atoms with Crippen LogP contribution in [-0.2, 0) is 11.2 Å². The third kappa shape index (κ3) is 3.05. The predicted octanol–water partition coefficient (Wildman–Crippen LogP) is 3.34. The molecule has 0 fully saturated rings. The quantitative estimate of drug-likeness (QED) is 0.677. The van der Waals surface area contributed by atoms with Crippen LogP contribution in [0.3, 0.4) is 0 Å². The predicted molar refractivity (Wildman–Crippen MR) is 99.2 cm³/mol. The lowest BCUT2D eigenvalue weighted by Gasteiger charge is -2.21. The van der Waals surface area contributed by atoms with Gasteiger partial charge in [-0.2, -0.15) is 0 Å². The molecule has 0 radical (unpaired) electrons. The van der Waals surface area contributed by atoms with E-state index in [1.165, 1.54) is 17.3 Å². The van der Waals surface area contributed by atoms with Gasteiger partial charge in [-0.15, -0.1) is 10.2 Å². The summed E-state index contributed by atoms with van der Waals surface area (Å²) in [6.45, 7) is 2.67. The molecular formula is C19H18N4OS. The van der Waals surface area contributed by atoms with Crippen molar-refractivity contribution in [3.8, 4) is 5.69 Å². The van der Waals surface area contributed by atoms with Gasteiger partial charge in [0.25, 0.3) is 0 Å². The number of hydrogen-bond acceptors (Lipinski definition) is 4. The molecule has 2 heterocycles. The Kier molecular flexibility index (Phi) is 4.28. The number of carbonyl (C=O) groups excluding carboxylic acids is 1. The van der Waals surface area contributed by atoms with Gasteiger partial charge < -0.3 is 4.90 Å². The summed E-state index contributed by atoms with van der Waals surface area (Å²) in [5.74, 6) is 0.109. The van der Waals surface area contributed by atoms with E-state index in [2.05, 4.69) is 16.3 Å². The van der Waals surface area contributed by atoms with Crippen molar-refractivity contribution in [1.29, 1.82) is 0 Å². The topological polar surface area (TPSA) is 51.0 Å². The standard InChI is InChI=1S/C19H18N4OS/c1-14(18(24)22-12-11-15-7-5-6-10-17(15)22)25-19-21-20-13-23(19)16-8-3-2-4-9-16/h2-10,13-14H,11-12H2,1H3/t14-/m0/s1.